The van der Waals surface area contributed by atoms with Gasteiger partial charge in [-0.05, 0) is 31.8 Å². The van der Waals surface area contributed by atoms with Crippen LogP contribution in [0.1, 0.15) is 32.6 Å². The van der Waals surface area contributed by atoms with Crippen molar-refractivity contribution >= 4 is 11.9 Å². The number of carboxylic acid groups (broad SMARTS) is 1. The number of hydrogen-bond donors (Lipinski definition) is 3. The molecule has 0 aromatic rings. The van der Waals surface area contributed by atoms with E-state index in [9.17, 15) is 14.7 Å². The molecule has 17 heavy (non-hydrogen) atoms. The van der Waals surface area contributed by atoms with Crippen LogP contribution in [0.4, 0.5) is 0 Å². The third-order valence-electron chi connectivity index (χ3n) is 4.16. The van der Waals surface area contributed by atoms with E-state index in [4.69, 9.17) is 0 Å². The molecule has 2 rings (SSSR count). The molecule has 0 aromatic carbocycles. The number of carboxylic acids is 1. The zero-order valence-corrected chi connectivity index (χ0v) is 10.2. The first kappa shape index (κ1) is 12.4. The van der Waals surface area contributed by atoms with E-state index in [2.05, 4.69) is 10.6 Å². The van der Waals surface area contributed by atoms with Crippen LogP contribution in [-0.2, 0) is 9.59 Å². The van der Waals surface area contributed by atoms with Crippen molar-refractivity contribution in [3.8, 4) is 0 Å². The van der Waals surface area contributed by atoms with E-state index in [0.29, 0.717) is 18.8 Å². The van der Waals surface area contributed by atoms with E-state index in [1.54, 1.807) is 0 Å². The summed E-state index contributed by atoms with van der Waals surface area (Å²) in [5.74, 6) is -0.751. The smallest absolute Gasteiger partial charge is 0.329 e. The molecule has 1 unspecified atom stereocenters. The lowest BCUT2D eigenvalue weighted by Gasteiger charge is -2.34. The second-order valence-electron chi connectivity index (χ2n) is 5.29. The summed E-state index contributed by atoms with van der Waals surface area (Å²) in [5, 5.41) is 15.2. The maximum atomic E-state index is 12.0. The average Bonchev–Trinajstić information content (AvgIpc) is 2.64. The van der Waals surface area contributed by atoms with Crippen molar-refractivity contribution in [2.75, 3.05) is 13.1 Å². The third kappa shape index (κ3) is 2.29. The summed E-state index contributed by atoms with van der Waals surface area (Å²) in [5.41, 5.74) is -0.998. The zero-order chi connectivity index (χ0) is 12.5. The van der Waals surface area contributed by atoms with Crippen molar-refractivity contribution in [1.29, 1.82) is 0 Å². The largest absolute Gasteiger partial charge is 0.480 e. The Bertz CT molecular complexity index is 320. The Morgan fingerprint density at radius 2 is 1.94 bits per heavy atom. The molecule has 0 bridgehead atoms. The molecule has 1 atom stereocenters. The average molecular weight is 240 g/mol. The molecule has 1 amide bonds. The number of hydrogen-bond acceptors (Lipinski definition) is 3. The first-order valence-corrected chi connectivity index (χ1v) is 6.31. The van der Waals surface area contributed by atoms with Gasteiger partial charge < -0.3 is 15.7 Å². The fourth-order valence-electron chi connectivity index (χ4n) is 2.60. The SMILES string of the molecule is CC(C(=O)NC1(C(=O)O)CCCC1)C1CNC1. The van der Waals surface area contributed by atoms with Gasteiger partial charge >= 0.3 is 5.97 Å². The third-order valence-corrected chi connectivity index (χ3v) is 4.16. The molecule has 2 fully saturated rings. The number of rotatable bonds is 4. The Morgan fingerprint density at radius 3 is 2.35 bits per heavy atom. The van der Waals surface area contributed by atoms with Gasteiger partial charge in [-0.15, -0.1) is 0 Å². The molecule has 1 saturated heterocycles. The van der Waals surface area contributed by atoms with Crippen LogP contribution in [0.2, 0.25) is 0 Å². The fourth-order valence-corrected chi connectivity index (χ4v) is 2.60. The minimum atomic E-state index is -0.998. The van der Waals surface area contributed by atoms with E-state index in [1.807, 2.05) is 6.92 Å². The molecular formula is C12H20N2O3. The summed E-state index contributed by atoms with van der Waals surface area (Å²) in [4.78, 5) is 23.3. The number of amides is 1. The Morgan fingerprint density at radius 1 is 1.35 bits per heavy atom. The Kier molecular flexibility index (Phi) is 3.38. The van der Waals surface area contributed by atoms with Crippen LogP contribution in [0, 0.1) is 11.8 Å². The van der Waals surface area contributed by atoms with Crippen LogP contribution < -0.4 is 10.6 Å². The molecule has 96 valence electrons. The molecule has 5 heteroatoms. The van der Waals surface area contributed by atoms with Gasteiger partial charge in [-0.1, -0.05) is 19.8 Å². The number of carbonyl (C=O) groups excluding carboxylic acids is 1. The number of carbonyl (C=O) groups is 2. The fraction of sp³-hybridized carbons (Fsp3) is 0.833. The maximum Gasteiger partial charge on any atom is 0.329 e. The van der Waals surface area contributed by atoms with Crippen LogP contribution in [-0.4, -0.2) is 35.6 Å². The van der Waals surface area contributed by atoms with Crippen molar-refractivity contribution in [3.63, 3.8) is 0 Å². The lowest BCUT2D eigenvalue weighted by atomic mass is 9.87. The van der Waals surface area contributed by atoms with Gasteiger partial charge in [0.1, 0.15) is 5.54 Å². The summed E-state index contributed by atoms with van der Waals surface area (Å²) >= 11 is 0. The van der Waals surface area contributed by atoms with Gasteiger partial charge in [0.25, 0.3) is 0 Å². The van der Waals surface area contributed by atoms with Crippen LogP contribution in [0.15, 0.2) is 0 Å². The van der Waals surface area contributed by atoms with Crippen molar-refractivity contribution < 1.29 is 14.7 Å². The molecule has 5 nitrogen and oxygen atoms in total. The highest BCUT2D eigenvalue weighted by molar-refractivity contribution is 5.88. The minimum absolute atomic E-state index is 0.104. The first-order valence-electron chi connectivity index (χ1n) is 6.31. The van der Waals surface area contributed by atoms with E-state index < -0.39 is 11.5 Å². The molecule has 1 aliphatic carbocycles. The minimum Gasteiger partial charge on any atom is -0.480 e. The summed E-state index contributed by atoms with van der Waals surface area (Å²) in [6.45, 7) is 3.59. The van der Waals surface area contributed by atoms with Gasteiger partial charge in [0.2, 0.25) is 5.91 Å². The van der Waals surface area contributed by atoms with Crippen LogP contribution in [0.3, 0.4) is 0 Å². The molecule has 1 saturated carbocycles. The quantitative estimate of drug-likeness (QED) is 0.663. The Labute approximate surface area is 101 Å². The zero-order valence-electron chi connectivity index (χ0n) is 10.2. The number of aliphatic carboxylic acids is 1. The highest BCUT2D eigenvalue weighted by atomic mass is 16.4. The molecule has 0 radical (unpaired) electrons. The first-order chi connectivity index (χ1) is 8.05. The van der Waals surface area contributed by atoms with Crippen molar-refractivity contribution in [2.45, 2.75) is 38.1 Å². The molecule has 0 spiro atoms. The van der Waals surface area contributed by atoms with Gasteiger partial charge in [-0.2, -0.15) is 0 Å². The Balaban J connectivity index is 1.98. The van der Waals surface area contributed by atoms with Gasteiger partial charge in [-0.25, -0.2) is 4.79 Å². The van der Waals surface area contributed by atoms with Gasteiger partial charge in [-0.3, -0.25) is 4.79 Å². The predicted molar refractivity (Wildman–Crippen MR) is 62.5 cm³/mol. The van der Waals surface area contributed by atoms with Crippen molar-refractivity contribution in [2.24, 2.45) is 11.8 Å². The standard InChI is InChI=1S/C12H20N2O3/c1-8(9-6-13-7-9)10(15)14-12(11(16)17)4-2-3-5-12/h8-9,13H,2-7H2,1H3,(H,14,15)(H,16,17). The number of nitrogens with one attached hydrogen (secondary N) is 2. The van der Waals surface area contributed by atoms with Crippen molar-refractivity contribution in [1.82, 2.24) is 10.6 Å². The predicted octanol–water partition coefficient (Wildman–Crippen LogP) is 0.355. The second-order valence-corrected chi connectivity index (χ2v) is 5.29. The summed E-state index contributed by atoms with van der Waals surface area (Å²) < 4.78 is 0. The van der Waals surface area contributed by atoms with Crippen LogP contribution in [0.5, 0.6) is 0 Å². The maximum absolute atomic E-state index is 12.0. The van der Waals surface area contributed by atoms with Crippen LogP contribution in [0.25, 0.3) is 0 Å². The van der Waals surface area contributed by atoms with Crippen LogP contribution >= 0.6 is 0 Å². The Hall–Kier alpha value is -1.10. The van der Waals surface area contributed by atoms with Gasteiger partial charge in [0, 0.05) is 5.92 Å². The lowest BCUT2D eigenvalue weighted by molar-refractivity contribution is -0.148. The lowest BCUT2D eigenvalue weighted by Crippen LogP contribution is -2.57. The summed E-state index contributed by atoms with van der Waals surface area (Å²) in [6, 6.07) is 0. The van der Waals surface area contributed by atoms with Crippen molar-refractivity contribution in [3.05, 3.63) is 0 Å². The van der Waals surface area contributed by atoms with E-state index in [1.165, 1.54) is 0 Å². The van der Waals surface area contributed by atoms with Gasteiger partial charge in [0.05, 0.1) is 0 Å². The molecule has 2 aliphatic rings. The van der Waals surface area contributed by atoms with Gasteiger partial charge in [0.15, 0.2) is 0 Å². The molecule has 1 aliphatic heterocycles. The highest BCUT2D eigenvalue weighted by Gasteiger charge is 2.44. The van der Waals surface area contributed by atoms with E-state index >= 15 is 0 Å². The molecule has 1 heterocycles. The monoisotopic (exact) mass is 240 g/mol. The summed E-state index contributed by atoms with van der Waals surface area (Å²) in [6.07, 6.45) is 2.88. The topological polar surface area (TPSA) is 78.4 Å². The molecule has 0 aromatic heterocycles. The summed E-state index contributed by atoms with van der Waals surface area (Å²) in [7, 11) is 0. The normalized spacial score (nSPS) is 25.0. The molecule has 3 N–H and O–H groups in total. The van der Waals surface area contributed by atoms with E-state index in [0.717, 1.165) is 25.9 Å². The highest BCUT2D eigenvalue weighted by Crippen LogP contribution is 2.30. The molecular weight excluding hydrogens is 220 g/mol. The van der Waals surface area contributed by atoms with E-state index in [-0.39, 0.29) is 11.8 Å². The second kappa shape index (κ2) is 4.64.